The Morgan fingerprint density at radius 3 is 2.41 bits per heavy atom. The molecule has 11 heteroatoms. The van der Waals surface area contributed by atoms with E-state index >= 15 is 0 Å². The van der Waals surface area contributed by atoms with Gasteiger partial charge in [0.05, 0.1) is 37.3 Å². The fraction of sp³-hybridized carbons (Fsp3) is 0.464. The molecule has 0 saturated carbocycles. The summed E-state index contributed by atoms with van der Waals surface area (Å²) in [4.78, 5) is 27.6. The lowest BCUT2D eigenvalue weighted by molar-refractivity contribution is 0.0953. The van der Waals surface area contributed by atoms with Gasteiger partial charge in [-0.2, -0.15) is 0 Å². The van der Waals surface area contributed by atoms with E-state index in [1.54, 1.807) is 36.3 Å². The Bertz CT molecular complexity index is 1400. The number of amidine groups is 1. The van der Waals surface area contributed by atoms with Crippen molar-refractivity contribution < 1.29 is 27.5 Å². The molecular weight excluding hydrogens is 520 g/mol. The van der Waals surface area contributed by atoms with E-state index in [0.717, 1.165) is 11.1 Å². The molecule has 0 radical (unpaired) electrons. The van der Waals surface area contributed by atoms with Crippen LogP contribution < -0.4 is 20.1 Å². The molecule has 0 saturated heterocycles. The van der Waals surface area contributed by atoms with Crippen LogP contribution in [0.2, 0.25) is 0 Å². The van der Waals surface area contributed by atoms with Crippen molar-refractivity contribution in [3.8, 4) is 11.5 Å². The van der Waals surface area contributed by atoms with Crippen molar-refractivity contribution in [3.63, 3.8) is 0 Å². The number of amides is 1. The molecule has 212 valence electrons. The number of benzene rings is 2. The molecule has 1 amide bonds. The molecule has 0 spiro atoms. The van der Waals surface area contributed by atoms with Crippen LogP contribution in [0, 0.1) is 5.41 Å². The van der Waals surface area contributed by atoms with Gasteiger partial charge in [-0.3, -0.25) is 15.0 Å². The van der Waals surface area contributed by atoms with E-state index in [1.807, 2.05) is 27.7 Å². The number of fused-ring (bicyclic) bond motifs is 1. The number of nitrogens with zero attached hydrogens (tertiary/aromatic N) is 1. The molecule has 0 fully saturated rings. The number of sulfone groups is 1. The highest BCUT2D eigenvalue weighted by Crippen LogP contribution is 2.39. The summed E-state index contributed by atoms with van der Waals surface area (Å²) in [5.74, 6) is 0.563. The van der Waals surface area contributed by atoms with Crippen LogP contribution >= 0.6 is 0 Å². The van der Waals surface area contributed by atoms with Crippen LogP contribution in [0.4, 0.5) is 5.69 Å². The molecule has 3 N–H and O–H groups in total. The first-order valence-electron chi connectivity index (χ1n) is 12.7. The molecule has 0 aliphatic carbocycles. The maximum absolute atomic E-state index is 13.6. The van der Waals surface area contributed by atoms with Crippen LogP contribution in [-0.4, -0.2) is 76.7 Å². The summed E-state index contributed by atoms with van der Waals surface area (Å²) in [5, 5.41) is 14.4. The molecule has 0 aromatic heterocycles. The van der Waals surface area contributed by atoms with E-state index in [9.17, 15) is 18.0 Å². The quantitative estimate of drug-likeness (QED) is 0.358. The zero-order chi connectivity index (χ0) is 29.1. The monoisotopic (exact) mass is 558 g/mol. The molecule has 39 heavy (non-hydrogen) atoms. The van der Waals surface area contributed by atoms with Gasteiger partial charge in [-0.15, -0.1) is 0 Å². The first-order chi connectivity index (χ1) is 18.2. The Balaban J connectivity index is 1.93. The second-order valence-corrected chi connectivity index (χ2v) is 12.8. The van der Waals surface area contributed by atoms with Gasteiger partial charge in [-0.05, 0) is 42.2 Å². The van der Waals surface area contributed by atoms with Crippen molar-refractivity contribution in [1.29, 1.82) is 5.41 Å². The summed E-state index contributed by atoms with van der Waals surface area (Å²) in [6.45, 7) is 8.68. The molecule has 1 aliphatic rings. The van der Waals surface area contributed by atoms with E-state index in [4.69, 9.17) is 14.9 Å². The van der Waals surface area contributed by atoms with Gasteiger partial charge >= 0.3 is 0 Å². The maximum Gasteiger partial charge on any atom is 0.254 e. The number of rotatable bonds is 11. The minimum Gasteiger partial charge on any atom is -0.494 e. The lowest BCUT2D eigenvalue weighted by atomic mass is 9.84. The highest BCUT2D eigenvalue weighted by molar-refractivity contribution is 7.90. The largest absolute Gasteiger partial charge is 0.494 e. The molecule has 2 aromatic carbocycles. The molecule has 0 unspecified atom stereocenters. The molecule has 3 rings (SSSR count). The number of carbonyl (C=O) groups excluding carboxylic acids is 2. The Morgan fingerprint density at radius 2 is 1.85 bits per heavy atom. The minimum absolute atomic E-state index is 0.0501. The molecular formula is C28H38N4O6S. The SMILES string of the molecule is CCOc1cc2c(cc1C(=O)NC)C(=N)N(CC(=O)c1cc(NCCS(C)(=O)=O)c(OC)c(C(C)(C)C)c1)C2. The highest BCUT2D eigenvalue weighted by Gasteiger charge is 2.30. The zero-order valence-corrected chi connectivity index (χ0v) is 24.5. The summed E-state index contributed by atoms with van der Waals surface area (Å²) < 4.78 is 34.6. The molecule has 10 nitrogen and oxygen atoms in total. The van der Waals surface area contributed by atoms with E-state index < -0.39 is 9.84 Å². The van der Waals surface area contributed by atoms with E-state index in [2.05, 4.69) is 10.6 Å². The number of ether oxygens (including phenoxy) is 2. The first-order valence-corrected chi connectivity index (χ1v) is 14.8. The van der Waals surface area contributed by atoms with E-state index in [0.29, 0.717) is 47.0 Å². The van der Waals surface area contributed by atoms with Crippen LogP contribution in [0.1, 0.15) is 65.1 Å². The summed E-state index contributed by atoms with van der Waals surface area (Å²) in [5.41, 5.74) is 3.12. The summed E-state index contributed by atoms with van der Waals surface area (Å²) >= 11 is 0. The summed E-state index contributed by atoms with van der Waals surface area (Å²) in [7, 11) is -0.102. The molecule has 2 aromatic rings. The molecule has 0 atom stereocenters. The highest BCUT2D eigenvalue weighted by atomic mass is 32.2. The van der Waals surface area contributed by atoms with E-state index in [-0.39, 0.29) is 41.8 Å². The molecule has 0 bridgehead atoms. The number of carbonyl (C=O) groups is 2. The van der Waals surface area contributed by atoms with Crippen LogP contribution in [-0.2, 0) is 21.8 Å². The molecule has 1 heterocycles. The zero-order valence-electron chi connectivity index (χ0n) is 23.6. The fourth-order valence-electron chi connectivity index (χ4n) is 4.48. The Morgan fingerprint density at radius 1 is 1.15 bits per heavy atom. The lowest BCUT2D eigenvalue weighted by Crippen LogP contribution is -2.30. The van der Waals surface area contributed by atoms with Crippen molar-refractivity contribution in [2.24, 2.45) is 0 Å². The second-order valence-electron chi connectivity index (χ2n) is 10.6. The normalized spacial score (nSPS) is 13.2. The number of hydrogen-bond acceptors (Lipinski definition) is 8. The number of ketones is 1. The minimum atomic E-state index is -3.18. The van der Waals surface area contributed by atoms with Gasteiger partial charge in [0.15, 0.2) is 5.78 Å². The van der Waals surface area contributed by atoms with Crippen molar-refractivity contribution >= 4 is 33.1 Å². The number of nitrogens with one attached hydrogen (secondary N) is 3. The second kappa shape index (κ2) is 11.6. The first kappa shape index (κ1) is 29.9. The van der Waals surface area contributed by atoms with Crippen LogP contribution in [0.3, 0.4) is 0 Å². The number of anilines is 1. The maximum atomic E-state index is 13.6. The standard InChI is InChI=1S/C28H38N4O6S/c1-8-38-24-13-18-15-32(26(29)19(18)14-20(24)27(34)30-5)16-23(33)17-11-21(28(2,3)4)25(37-6)22(12-17)31-9-10-39(7,35)36/h11-14,29,31H,8-10,15-16H2,1-7H3,(H,30,34). The predicted octanol–water partition coefficient (Wildman–Crippen LogP) is 3.23. The predicted molar refractivity (Wildman–Crippen MR) is 152 cm³/mol. The topological polar surface area (TPSA) is 138 Å². The third-order valence-electron chi connectivity index (χ3n) is 6.46. The average Bonchev–Trinajstić information content (AvgIpc) is 3.15. The summed E-state index contributed by atoms with van der Waals surface area (Å²) in [6, 6.07) is 6.87. The van der Waals surface area contributed by atoms with Gasteiger partial charge in [0.25, 0.3) is 5.91 Å². The third-order valence-corrected chi connectivity index (χ3v) is 7.40. The van der Waals surface area contributed by atoms with Crippen LogP contribution in [0.25, 0.3) is 0 Å². The van der Waals surface area contributed by atoms with Crippen molar-refractivity contribution in [2.75, 3.05) is 51.2 Å². The average molecular weight is 559 g/mol. The molecule has 1 aliphatic heterocycles. The third kappa shape index (κ3) is 6.89. The number of hydrogen-bond donors (Lipinski definition) is 3. The number of Topliss-reactive ketones (excluding diaryl/α,β-unsaturated/α-hetero) is 1. The van der Waals surface area contributed by atoms with Gasteiger partial charge < -0.3 is 25.0 Å². The van der Waals surface area contributed by atoms with Gasteiger partial charge in [0, 0.05) is 43.1 Å². The fourth-order valence-corrected chi connectivity index (χ4v) is 4.96. The van der Waals surface area contributed by atoms with Crippen LogP contribution in [0.5, 0.6) is 11.5 Å². The van der Waals surface area contributed by atoms with Gasteiger partial charge in [-0.25, -0.2) is 8.42 Å². The van der Waals surface area contributed by atoms with Crippen molar-refractivity contribution in [3.05, 3.63) is 52.1 Å². The lowest BCUT2D eigenvalue weighted by Gasteiger charge is -2.26. The Labute approximate surface area is 230 Å². The Hall–Kier alpha value is -3.60. The van der Waals surface area contributed by atoms with Crippen molar-refractivity contribution in [2.45, 2.75) is 39.7 Å². The van der Waals surface area contributed by atoms with Crippen molar-refractivity contribution in [1.82, 2.24) is 10.2 Å². The Kier molecular flexibility index (Phi) is 8.94. The van der Waals surface area contributed by atoms with Gasteiger partial charge in [-0.1, -0.05) is 20.8 Å². The van der Waals surface area contributed by atoms with E-state index in [1.165, 1.54) is 13.3 Å². The van der Waals surface area contributed by atoms with Crippen LogP contribution in [0.15, 0.2) is 24.3 Å². The smallest absolute Gasteiger partial charge is 0.254 e. The number of methoxy groups -OCH3 is 1. The van der Waals surface area contributed by atoms with Gasteiger partial charge in [0.1, 0.15) is 27.2 Å². The summed E-state index contributed by atoms with van der Waals surface area (Å²) in [6.07, 6.45) is 1.17. The van der Waals surface area contributed by atoms with Gasteiger partial charge in [0.2, 0.25) is 0 Å².